The first-order chi connectivity index (χ1) is 6.20. The highest BCUT2D eigenvalue weighted by molar-refractivity contribution is 6.43. The molecule has 0 aliphatic rings. The van der Waals surface area contributed by atoms with Crippen LogP contribution in [0.1, 0.15) is 13.8 Å². The van der Waals surface area contributed by atoms with Crippen LogP contribution < -0.4 is 4.90 Å². The predicted octanol–water partition coefficient (Wildman–Crippen LogP) is 3.84. The Balaban J connectivity index is 3.05. The van der Waals surface area contributed by atoms with E-state index in [-0.39, 0.29) is 0 Å². The largest absolute Gasteiger partial charge is 0.371 e. The lowest BCUT2D eigenvalue weighted by molar-refractivity contribution is 0.866. The first-order valence-electron chi connectivity index (χ1n) is 4.39. The van der Waals surface area contributed by atoms with Crippen LogP contribution in [0.5, 0.6) is 0 Å². The minimum atomic E-state index is 0.617. The van der Waals surface area contributed by atoms with E-state index in [2.05, 4.69) is 18.7 Å². The van der Waals surface area contributed by atoms with Crippen molar-refractivity contribution in [3.05, 3.63) is 28.2 Å². The van der Waals surface area contributed by atoms with Gasteiger partial charge in [0.15, 0.2) is 0 Å². The van der Waals surface area contributed by atoms with E-state index in [0.29, 0.717) is 10.0 Å². The summed E-state index contributed by atoms with van der Waals surface area (Å²) in [6.07, 6.45) is 0. The maximum atomic E-state index is 6.07. The third kappa shape index (κ3) is 2.29. The second kappa shape index (κ2) is 4.73. The van der Waals surface area contributed by atoms with E-state index in [1.54, 1.807) is 6.07 Å². The Kier molecular flexibility index (Phi) is 3.89. The van der Waals surface area contributed by atoms with Crippen molar-refractivity contribution in [2.75, 3.05) is 18.0 Å². The molecule has 0 amide bonds. The SMILES string of the molecule is CCN(CC)c1cccc(Cl)c1Cl. The van der Waals surface area contributed by atoms with Gasteiger partial charge < -0.3 is 4.90 Å². The number of rotatable bonds is 3. The summed E-state index contributed by atoms with van der Waals surface area (Å²) in [5.74, 6) is 0. The summed E-state index contributed by atoms with van der Waals surface area (Å²) in [5.41, 5.74) is 1.01. The van der Waals surface area contributed by atoms with Crippen molar-refractivity contribution in [1.29, 1.82) is 0 Å². The van der Waals surface area contributed by atoms with Crippen LogP contribution in [0.15, 0.2) is 18.2 Å². The fourth-order valence-corrected chi connectivity index (χ4v) is 1.72. The molecule has 0 aliphatic carbocycles. The Morgan fingerprint density at radius 3 is 2.31 bits per heavy atom. The molecule has 1 rings (SSSR count). The zero-order valence-electron chi connectivity index (χ0n) is 7.85. The van der Waals surface area contributed by atoms with Crippen molar-refractivity contribution in [2.24, 2.45) is 0 Å². The van der Waals surface area contributed by atoms with Gasteiger partial charge in [-0.25, -0.2) is 0 Å². The lowest BCUT2D eigenvalue weighted by Crippen LogP contribution is -2.22. The molecule has 0 aromatic heterocycles. The first kappa shape index (κ1) is 10.7. The molecule has 1 nitrogen and oxygen atoms in total. The molecule has 72 valence electrons. The molecule has 0 aliphatic heterocycles. The van der Waals surface area contributed by atoms with Crippen LogP contribution in [0.3, 0.4) is 0 Å². The van der Waals surface area contributed by atoms with E-state index in [4.69, 9.17) is 23.2 Å². The summed E-state index contributed by atoms with van der Waals surface area (Å²) in [7, 11) is 0. The average molecular weight is 218 g/mol. The monoisotopic (exact) mass is 217 g/mol. The van der Waals surface area contributed by atoms with Crippen molar-refractivity contribution in [1.82, 2.24) is 0 Å². The van der Waals surface area contributed by atoms with Crippen molar-refractivity contribution in [3.8, 4) is 0 Å². The van der Waals surface area contributed by atoms with Gasteiger partial charge in [0.2, 0.25) is 0 Å². The lowest BCUT2D eigenvalue weighted by atomic mass is 10.3. The fraction of sp³-hybridized carbons (Fsp3) is 0.400. The van der Waals surface area contributed by atoms with Gasteiger partial charge in [-0.2, -0.15) is 0 Å². The molecule has 0 saturated carbocycles. The van der Waals surface area contributed by atoms with Crippen LogP contribution in [0, 0.1) is 0 Å². The lowest BCUT2D eigenvalue weighted by Gasteiger charge is -2.22. The van der Waals surface area contributed by atoms with Gasteiger partial charge in [0.1, 0.15) is 0 Å². The zero-order valence-corrected chi connectivity index (χ0v) is 9.36. The molecule has 0 bridgehead atoms. The molecule has 3 heteroatoms. The standard InChI is InChI=1S/C10H13Cl2N/c1-3-13(4-2)9-7-5-6-8(11)10(9)12/h5-7H,3-4H2,1-2H3. The maximum absolute atomic E-state index is 6.07. The molecule has 0 fully saturated rings. The maximum Gasteiger partial charge on any atom is 0.0825 e. The third-order valence-corrected chi connectivity index (χ3v) is 2.84. The Labute approximate surface area is 89.3 Å². The minimum absolute atomic E-state index is 0.617. The topological polar surface area (TPSA) is 3.24 Å². The molecule has 0 unspecified atom stereocenters. The van der Waals surface area contributed by atoms with E-state index in [9.17, 15) is 0 Å². The first-order valence-corrected chi connectivity index (χ1v) is 5.15. The van der Waals surface area contributed by atoms with Gasteiger partial charge in [-0.3, -0.25) is 0 Å². The Bertz CT molecular complexity index is 282. The molecule has 0 heterocycles. The normalized spacial score (nSPS) is 10.2. The van der Waals surface area contributed by atoms with Crippen LogP contribution in [0.2, 0.25) is 10.0 Å². The molecule has 13 heavy (non-hydrogen) atoms. The van der Waals surface area contributed by atoms with Crippen LogP contribution in [-0.4, -0.2) is 13.1 Å². The van der Waals surface area contributed by atoms with E-state index in [1.807, 2.05) is 12.1 Å². The number of nitrogens with zero attached hydrogens (tertiary/aromatic N) is 1. The number of hydrogen-bond donors (Lipinski definition) is 0. The van der Waals surface area contributed by atoms with Crippen molar-refractivity contribution in [3.63, 3.8) is 0 Å². The molecule has 1 aromatic rings. The number of halogens is 2. The van der Waals surface area contributed by atoms with E-state index >= 15 is 0 Å². The van der Waals surface area contributed by atoms with Gasteiger partial charge >= 0.3 is 0 Å². The summed E-state index contributed by atoms with van der Waals surface area (Å²) >= 11 is 12.0. The van der Waals surface area contributed by atoms with Gasteiger partial charge in [-0.1, -0.05) is 29.3 Å². The predicted molar refractivity (Wildman–Crippen MR) is 60.0 cm³/mol. The summed E-state index contributed by atoms with van der Waals surface area (Å²) < 4.78 is 0. The van der Waals surface area contributed by atoms with Crippen molar-refractivity contribution < 1.29 is 0 Å². The van der Waals surface area contributed by atoms with Crippen LogP contribution >= 0.6 is 23.2 Å². The van der Waals surface area contributed by atoms with Gasteiger partial charge in [0.25, 0.3) is 0 Å². The third-order valence-electron chi connectivity index (χ3n) is 2.04. The highest BCUT2D eigenvalue weighted by Gasteiger charge is 2.08. The van der Waals surface area contributed by atoms with Gasteiger partial charge in [-0.15, -0.1) is 0 Å². The van der Waals surface area contributed by atoms with E-state index < -0.39 is 0 Å². The number of benzene rings is 1. The average Bonchev–Trinajstić information content (AvgIpc) is 2.14. The van der Waals surface area contributed by atoms with Crippen LogP contribution in [-0.2, 0) is 0 Å². The Morgan fingerprint density at radius 2 is 1.77 bits per heavy atom. The minimum Gasteiger partial charge on any atom is -0.371 e. The Hall–Kier alpha value is -0.400. The summed E-state index contributed by atoms with van der Waals surface area (Å²) in [4.78, 5) is 2.17. The highest BCUT2D eigenvalue weighted by atomic mass is 35.5. The van der Waals surface area contributed by atoms with Crippen molar-refractivity contribution >= 4 is 28.9 Å². The van der Waals surface area contributed by atoms with Gasteiger partial charge in [0.05, 0.1) is 15.7 Å². The van der Waals surface area contributed by atoms with E-state index in [1.165, 1.54) is 0 Å². The van der Waals surface area contributed by atoms with Gasteiger partial charge in [-0.05, 0) is 26.0 Å². The van der Waals surface area contributed by atoms with Crippen LogP contribution in [0.25, 0.3) is 0 Å². The molecule has 0 radical (unpaired) electrons. The van der Waals surface area contributed by atoms with E-state index in [0.717, 1.165) is 18.8 Å². The second-order valence-corrected chi connectivity index (χ2v) is 3.53. The second-order valence-electron chi connectivity index (χ2n) is 2.75. The Morgan fingerprint density at radius 1 is 1.15 bits per heavy atom. The molecule has 0 spiro atoms. The molecular formula is C10H13Cl2N. The van der Waals surface area contributed by atoms with Gasteiger partial charge in [0, 0.05) is 13.1 Å². The zero-order chi connectivity index (χ0) is 9.84. The quantitative estimate of drug-likeness (QED) is 0.744. The molecule has 0 atom stereocenters. The highest BCUT2D eigenvalue weighted by Crippen LogP contribution is 2.31. The molecular weight excluding hydrogens is 205 g/mol. The summed E-state index contributed by atoms with van der Waals surface area (Å²) in [6.45, 7) is 6.08. The fourth-order valence-electron chi connectivity index (χ4n) is 1.30. The molecule has 0 saturated heterocycles. The van der Waals surface area contributed by atoms with Crippen LogP contribution in [0.4, 0.5) is 5.69 Å². The molecule has 1 aromatic carbocycles. The summed E-state index contributed by atoms with van der Waals surface area (Å²) in [6, 6.07) is 5.71. The van der Waals surface area contributed by atoms with Crippen molar-refractivity contribution in [2.45, 2.75) is 13.8 Å². The summed E-state index contributed by atoms with van der Waals surface area (Å²) in [5, 5.41) is 1.26. The molecule has 0 N–H and O–H groups in total. The number of hydrogen-bond acceptors (Lipinski definition) is 1. The smallest absolute Gasteiger partial charge is 0.0825 e. The number of anilines is 1.